The Balaban J connectivity index is 1.80. The number of halogens is 2. The quantitative estimate of drug-likeness (QED) is 0.890. The summed E-state index contributed by atoms with van der Waals surface area (Å²) in [5, 5.41) is 3.23. The fourth-order valence-electron chi connectivity index (χ4n) is 2.30. The minimum absolute atomic E-state index is 0.0418. The second kappa shape index (κ2) is 4.31. The lowest BCUT2D eigenvalue weighted by atomic mass is 10.2. The van der Waals surface area contributed by atoms with Gasteiger partial charge in [0.1, 0.15) is 11.6 Å². The normalized spacial score (nSPS) is 23.8. The van der Waals surface area contributed by atoms with Gasteiger partial charge in [0.15, 0.2) is 0 Å². The lowest BCUT2D eigenvalue weighted by Gasteiger charge is -2.18. The largest absolute Gasteiger partial charge is 0.308 e. The Morgan fingerprint density at radius 3 is 2.72 bits per heavy atom. The highest BCUT2D eigenvalue weighted by molar-refractivity contribution is 5.99. The summed E-state index contributed by atoms with van der Waals surface area (Å²) in [6.45, 7) is 0.434. The van der Waals surface area contributed by atoms with Gasteiger partial charge in [0.25, 0.3) is 0 Å². The van der Waals surface area contributed by atoms with E-state index in [0.29, 0.717) is 19.0 Å². The predicted octanol–water partition coefficient (Wildman–Crippen LogP) is 1.82. The van der Waals surface area contributed by atoms with Crippen molar-refractivity contribution in [3.8, 4) is 0 Å². The van der Waals surface area contributed by atoms with Gasteiger partial charge in [0.05, 0.1) is 11.7 Å². The van der Waals surface area contributed by atoms with Crippen LogP contribution < -0.4 is 10.2 Å². The molecule has 1 saturated carbocycles. The average molecular weight is 252 g/mol. The number of nitrogens with one attached hydrogen (secondary N) is 1. The van der Waals surface area contributed by atoms with Gasteiger partial charge in [-0.3, -0.25) is 4.79 Å². The van der Waals surface area contributed by atoms with Gasteiger partial charge in [-0.1, -0.05) is 0 Å². The fraction of sp³-hybridized carbons (Fsp3) is 0.462. The molecule has 0 spiro atoms. The molecular formula is C13H14F2N2O. The van der Waals surface area contributed by atoms with Crippen LogP contribution in [0.15, 0.2) is 18.2 Å². The van der Waals surface area contributed by atoms with Crippen molar-refractivity contribution in [2.75, 3.05) is 11.4 Å². The molecule has 1 aromatic carbocycles. The molecule has 3 nitrogen and oxygen atoms in total. The summed E-state index contributed by atoms with van der Waals surface area (Å²) in [6, 6.07) is 3.36. The molecule has 3 rings (SSSR count). The summed E-state index contributed by atoms with van der Waals surface area (Å²) >= 11 is 0. The number of hydrogen-bond acceptors (Lipinski definition) is 2. The molecule has 1 aliphatic carbocycles. The first-order valence-corrected chi connectivity index (χ1v) is 6.17. The van der Waals surface area contributed by atoms with Crippen LogP contribution in [0.25, 0.3) is 0 Å². The molecule has 1 unspecified atom stereocenters. The Morgan fingerprint density at radius 1 is 1.22 bits per heavy atom. The van der Waals surface area contributed by atoms with Gasteiger partial charge in [0.2, 0.25) is 5.91 Å². The monoisotopic (exact) mass is 252 g/mol. The van der Waals surface area contributed by atoms with E-state index in [4.69, 9.17) is 0 Å². The molecule has 0 radical (unpaired) electrons. The predicted molar refractivity (Wildman–Crippen MR) is 63.3 cm³/mol. The average Bonchev–Trinajstić information content (AvgIpc) is 3.09. The number of rotatable bonds is 3. The molecule has 0 bridgehead atoms. The maximum absolute atomic E-state index is 13.6. The molecule has 1 amide bonds. The van der Waals surface area contributed by atoms with Crippen LogP contribution in [0.2, 0.25) is 0 Å². The molecule has 1 N–H and O–H groups in total. The Bertz CT molecular complexity index is 488. The fourth-order valence-corrected chi connectivity index (χ4v) is 2.30. The van der Waals surface area contributed by atoms with E-state index in [-0.39, 0.29) is 17.6 Å². The van der Waals surface area contributed by atoms with Crippen molar-refractivity contribution < 1.29 is 13.6 Å². The lowest BCUT2D eigenvalue weighted by Crippen LogP contribution is -2.39. The number of anilines is 1. The summed E-state index contributed by atoms with van der Waals surface area (Å²) in [4.78, 5) is 13.4. The van der Waals surface area contributed by atoms with Gasteiger partial charge in [-0.2, -0.15) is 0 Å². The molecule has 0 aromatic heterocycles. The SMILES string of the molecule is O=C1C(NC2CC2)CCN1c1cc(F)ccc1F. The molecule has 1 aliphatic heterocycles. The van der Waals surface area contributed by atoms with Gasteiger partial charge in [-0.25, -0.2) is 8.78 Å². The van der Waals surface area contributed by atoms with Crippen molar-refractivity contribution in [3.05, 3.63) is 29.8 Å². The van der Waals surface area contributed by atoms with Crippen molar-refractivity contribution >= 4 is 11.6 Å². The van der Waals surface area contributed by atoms with Crippen molar-refractivity contribution in [1.82, 2.24) is 5.32 Å². The number of hydrogen-bond donors (Lipinski definition) is 1. The van der Waals surface area contributed by atoms with Crippen LogP contribution in [0.5, 0.6) is 0 Å². The van der Waals surface area contributed by atoms with Crippen molar-refractivity contribution in [2.45, 2.75) is 31.3 Å². The Kier molecular flexibility index (Phi) is 2.78. The topological polar surface area (TPSA) is 32.3 Å². The van der Waals surface area contributed by atoms with Crippen LogP contribution in [0.1, 0.15) is 19.3 Å². The summed E-state index contributed by atoms with van der Waals surface area (Å²) in [6.07, 6.45) is 2.83. The summed E-state index contributed by atoms with van der Waals surface area (Å²) < 4.78 is 26.7. The third-order valence-electron chi connectivity index (χ3n) is 3.42. The molecular weight excluding hydrogens is 238 g/mol. The number of nitrogens with zero attached hydrogens (tertiary/aromatic N) is 1. The smallest absolute Gasteiger partial charge is 0.244 e. The first-order valence-electron chi connectivity index (χ1n) is 6.17. The van der Waals surface area contributed by atoms with Crippen molar-refractivity contribution in [1.29, 1.82) is 0 Å². The third-order valence-corrected chi connectivity index (χ3v) is 3.42. The minimum atomic E-state index is -0.558. The molecule has 96 valence electrons. The molecule has 1 saturated heterocycles. The second-order valence-corrected chi connectivity index (χ2v) is 4.87. The zero-order valence-corrected chi connectivity index (χ0v) is 9.83. The van der Waals surface area contributed by atoms with Gasteiger partial charge in [-0.05, 0) is 31.4 Å². The molecule has 1 heterocycles. The Hall–Kier alpha value is -1.49. The van der Waals surface area contributed by atoms with E-state index in [1.165, 1.54) is 4.90 Å². The van der Waals surface area contributed by atoms with Crippen LogP contribution in [-0.4, -0.2) is 24.5 Å². The zero-order chi connectivity index (χ0) is 12.7. The highest BCUT2D eigenvalue weighted by Gasteiger charge is 2.37. The Morgan fingerprint density at radius 2 is 2.00 bits per heavy atom. The minimum Gasteiger partial charge on any atom is -0.308 e. The molecule has 5 heteroatoms. The van der Waals surface area contributed by atoms with Crippen LogP contribution >= 0.6 is 0 Å². The van der Waals surface area contributed by atoms with E-state index >= 15 is 0 Å². The van der Waals surface area contributed by atoms with Crippen molar-refractivity contribution in [3.63, 3.8) is 0 Å². The van der Waals surface area contributed by atoms with Crippen LogP contribution in [0.4, 0.5) is 14.5 Å². The van der Waals surface area contributed by atoms with E-state index in [0.717, 1.165) is 31.0 Å². The van der Waals surface area contributed by atoms with E-state index in [9.17, 15) is 13.6 Å². The van der Waals surface area contributed by atoms with Gasteiger partial charge >= 0.3 is 0 Å². The van der Waals surface area contributed by atoms with Crippen LogP contribution in [-0.2, 0) is 4.79 Å². The number of carbonyl (C=O) groups excluding carboxylic acids is 1. The summed E-state index contributed by atoms with van der Waals surface area (Å²) in [5.41, 5.74) is 0.0418. The number of carbonyl (C=O) groups is 1. The van der Waals surface area contributed by atoms with Crippen LogP contribution in [0.3, 0.4) is 0 Å². The molecule has 1 aromatic rings. The van der Waals surface area contributed by atoms with Gasteiger partial charge < -0.3 is 10.2 Å². The first kappa shape index (κ1) is 11.6. The first-order chi connectivity index (χ1) is 8.65. The number of benzene rings is 1. The van der Waals surface area contributed by atoms with E-state index in [1.807, 2.05) is 0 Å². The Labute approximate surface area is 104 Å². The maximum Gasteiger partial charge on any atom is 0.244 e. The van der Waals surface area contributed by atoms with E-state index < -0.39 is 11.6 Å². The zero-order valence-electron chi connectivity index (χ0n) is 9.83. The third kappa shape index (κ3) is 2.10. The van der Waals surface area contributed by atoms with E-state index in [2.05, 4.69) is 5.32 Å². The number of amides is 1. The van der Waals surface area contributed by atoms with Crippen molar-refractivity contribution in [2.24, 2.45) is 0 Å². The molecule has 2 aliphatic rings. The summed E-state index contributed by atoms with van der Waals surface area (Å²) in [7, 11) is 0. The second-order valence-electron chi connectivity index (χ2n) is 4.87. The van der Waals surface area contributed by atoms with Gasteiger partial charge in [0, 0.05) is 18.7 Å². The standard InChI is InChI=1S/C13H14F2N2O/c14-8-1-4-10(15)12(7-8)17-6-5-11(13(17)18)16-9-2-3-9/h1,4,7,9,11,16H,2-3,5-6H2. The molecule has 18 heavy (non-hydrogen) atoms. The van der Waals surface area contributed by atoms with Gasteiger partial charge in [-0.15, -0.1) is 0 Å². The highest BCUT2D eigenvalue weighted by Crippen LogP contribution is 2.27. The maximum atomic E-state index is 13.6. The highest BCUT2D eigenvalue weighted by atomic mass is 19.1. The molecule has 1 atom stereocenters. The summed E-state index contributed by atoms with van der Waals surface area (Å²) in [5.74, 6) is -1.25. The van der Waals surface area contributed by atoms with Crippen LogP contribution in [0, 0.1) is 11.6 Å². The van der Waals surface area contributed by atoms with E-state index in [1.54, 1.807) is 0 Å². The lowest BCUT2D eigenvalue weighted by molar-refractivity contribution is -0.118. The molecule has 2 fully saturated rings.